The highest BCUT2D eigenvalue weighted by Gasteiger charge is 2.30. The van der Waals surface area contributed by atoms with E-state index in [4.69, 9.17) is 4.42 Å². The summed E-state index contributed by atoms with van der Waals surface area (Å²) in [5.74, 6) is -0.222. The van der Waals surface area contributed by atoms with E-state index >= 15 is 0 Å². The highest BCUT2D eigenvalue weighted by Crippen LogP contribution is 2.20. The summed E-state index contributed by atoms with van der Waals surface area (Å²) in [6.07, 6.45) is 4.59. The summed E-state index contributed by atoms with van der Waals surface area (Å²) in [4.78, 5) is 26.9. The minimum atomic E-state index is -0.369. The van der Waals surface area contributed by atoms with Crippen LogP contribution in [0.25, 0.3) is 6.08 Å². The fraction of sp³-hybridized carbons (Fsp3) is 0.263. The first-order chi connectivity index (χ1) is 12.2. The molecular weight excluding hydrogens is 320 g/mol. The monoisotopic (exact) mass is 340 g/mol. The Morgan fingerprint density at radius 3 is 2.72 bits per heavy atom. The molecule has 0 bridgehead atoms. The van der Waals surface area contributed by atoms with E-state index in [0.29, 0.717) is 17.9 Å². The van der Waals surface area contributed by atoms with Crippen LogP contribution >= 0.6 is 0 Å². The van der Waals surface area contributed by atoms with Crippen LogP contribution in [-0.2, 0) is 4.79 Å². The zero-order valence-electron chi connectivity index (χ0n) is 13.7. The summed E-state index contributed by atoms with van der Waals surface area (Å²) in [6, 6.07) is 11.9. The van der Waals surface area contributed by atoms with Crippen LogP contribution in [0, 0.1) is 0 Å². The van der Waals surface area contributed by atoms with Crippen molar-refractivity contribution in [2.75, 3.05) is 13.2 Å². The quantitative estimate of drug-likeness (QED) is 0.816. The molecule has 1 atom stereocenters. The number of hydrogen-bond acceptors (Lipinski definition) is 4. The lowest BCUT2D eigenvalue weighted by atomic mass is 10.2. The van der Waals surface area contributed by atoms with Crippen molar-refractivity contribution in [2.24, 2.45) is 0 Å². The first-order valence-corrected chi connectivity index (χ1v) is 8.22. The molecule has 1 aromatic heterocycles. The highest BCUT2D eigenvalue weighted by atomic mass is 16.3. The van der Waals surface area contributed by atoms with Gasteiger partial charge in [-0.25, -0.2) is 0 Å². The number of amides is 2. The molecule has 2 aromatic rings. The van der Waals surface area contributed by atoms with Gasteiger partial charge < -0.3 is 19.7 Å². The number of benzene rings is 1. The number of aliphatic hydroxyl groups is 1. The molecule has 2 heterocycles. The fourth-order valence-corrected chi connectivity index (χ4v) is 2.90. The first kappa shape index (κ1) is 17.0. The average molecular weight is 340 g/mol. The predicted molar refractivity (Wildman–Crippen MR) is 92.4 cm³/mol. The van der Waals surface area contributed by atoms with Gasteiger partial charge in [0, 0.05) is 18.2 Å². The normalized spacial score (nSPS) is 17.6. The molecule has 1 aliphatic heterocycles. The SMILES string of the molecule is O=C(N/C(=C/c1ccco1)C(=O)N1CCC[C@@H]1CO)c1ccccc1. The van der Waals surface area contributed by atoms with Crippen molar-refractivity contribution in [3.05, 3.63) is 65.7 Å². The molecule has 2 N–H and O–H groups in total. The van der Waals surface area contributed by atoms with Crippen LogP contribution in [0.2, 0.25) is 0 Å². The largest absolute Gasteiger partial charge is 0.465 e. The number of carbonyl (C=O) groups is 2. The van der Waals surface area contributed by atoms with E-state index in [-0.39, 0.29) is 30.2 Å². The minimum absolute atomic E-state index is 0.0909. The molecule has 0 spiro atoms. The number of likely N-dealkylation sites (tertiary alicyclic amines) is 1. The maximum atomic E-state index is 12.9. The number of carbonyl (C=O) groups excluding carboxylic acids is 2. The van der Waals surface area contributed by atoms with E-state index in [1.807, 2.05) is 6.07 Å². The zero-order chi connectivity index (χ0) is 17.6. The summed E-state index contributed by atoms with van der Waals surface area (Å²) in [6.45, 7) is 0.465. The van der Waals surface area contributed by atoms with E-state index in [1.54, 1.807) is 41.3 Å². The molecule has 1 aliphatic rings. The number of nitrogens with one attached hydrogen (secondary N) is 1. The van der Waals surface area contributed by atoms with Crippen molar-refractivity contribution < 1.29 is 19.1 Å². The Hall–Kier alpha value is -2.86. The Kier molecular flexibility index (Phi) is 5.30. The molecule has 0 saturated carbocycles. The van der Waals surface area contributed by atoms with Gasteiger partial charge in [0.1, 0.15) is 11.5 Å². The summed E-state index contributed by atoms with van der Waals surface area (Å²) in [5.41, 5.74) is 0.588. The van der Waals surface area contributed by atoms with Gasteiger partial charge in [-0.15, -0.1) is 0 Å². The van der Waals surface area contributed by atoms with Crippen LogP contribution in [0.3, 0.4) is 0 Å². The zero-order valence-corrected chi connectivity index (χ0v) is 13.7. The third-order valence-electron chi connectivity index (χ3n) is 4.19. The molecule has 1 saturated heterocycles. The molecule has 1 aromatic carbocycles. The summed E-state index contributed by atoms with van der Waals surface area (Å²) >= 11 is 0. The summed E-state index contributed by atoms with van der Waals surface area (Å²) in [7, 11) is 0. The lowest BCUT2D eigenvalue weighted by Crippen LogP contribution is -2.42. The molecule has 1 fully saturated rings. The third-order valence-corrected chi connectivity index (χ3v) is 4.19. The number of furan rings is 1. The van der Waals surface area contributed by atoms with Crippen molar-refractivity contribution in [3.63, 3.8) is 0 Å². The van der Waals surface area contributed by atoms with E-state index < -0.39 is 0 Å². The summed E-state index contributed by atoms with van der Waals surface area (Å²) in [5, 5.41) is 12.1. The summed E-state index contributed by atoms with van der Waals surface area (Å²) < 4.78 is 5.27. The maximum absolute atomic E-state index is 12.9. The van der Waals surface area contributed by atoms with Crippen molar-refractivity contribution >= 4 is 17.9 Å². The first-order valence-electron chi connectivity index (χ1n) is 8.22. The second kappa shape index (κ2) is 7.81. The van der Waals surface area contributed by atoms with Crippen molar-refractivity contribution in [3.8, 4) is 0 Å². The van der Waals surface area contributed by atoms with Gasteiger partial charge in [-0.1, -0.05) is 18.2 Å². The molecule has 130 valence electrons. The lowest BCUT2D eigenvalue weighted by molar-refractivity contribution is -0.128. The van der Waals surface area contributed by atoms with Crippen LogP contribution in [-0.4, -0.2) is 41.0 Å². The Bertz CT molecular complexity index is 753. The van der Waals surface area contributed by atoms with E-state index in [9.17, 15) is 14.7 Å². The van der Waals surface area contributed by atoms with Crippen molar-refractivity contribution in [1.29, 1.82) is 0 Å². The molecule has 6 nitrogen and oxygen atoms in total. The lowest BCUT2D eigenvalue weighted by Gasteiger charge is -2.24. The molecular formula is C19H20N2O4. The average Bonchev–Trinajstić information content (AvgIpc) is 3.32. The molecule has 0 unspecified atom stereocenters. The van der Waals surface area contributed by atoms with Crippen molar-refractivity contribution in [2.45, 2.75) is 18.9 Å². The van der Waals surface area contributed by atoms with Gasteiger partial charge in [0.2, 0.25) is 0 Å². The smallest absolute Gasteiger partial charge is 0.270 e. The van der Waals surface area contributed by atoms with Gasteiger partial charge in [0.25, 0.3) is 11.8 Å². The van der Waals surface area contributed by atoms with Gasteiger partial charge in [-0.3, -0.25) is 9.59 Å². The Morgan fingerprint density at radius 1 is 1.24 bits per heavy atom. The Labute approximate surface area is 145 Å². The Morgan fingerprint density at radius 2 is 2.04 bits per heavy atom. The molecule has 0 aliphatic carbocycles. The van der Waals surface area contributed by atoms with Crippen molar-refractivity contribution in [1.82, 2.24) is 10.2 Å². The number of nitrogens with zero attached hydrogens (tertiary/aromatic N) is 1. The molecule has 25 heavy (non-hydrogen) atoms. The maximum Gasteiger partial charge on any atom is 0.270 e. The van der Waals surface area contributed by atoms with Crippen LogP contribution in [0.15, 0.2) is 58.8 Å². The van der Waals surface area contributed by atoms with E-state index in [1.165, 1.54) is 12.3 Å². The van der Waals surface area contributed by atoms with Crippen LogP contribution in [0.5, 0.6) is 0 Å². The van der Waals surface area contributed by atoms with Crippen LogP contribution in [0.4, 0.5) is 0 Å². The molecule has 2 amide bonds. The highest BCUT2D eigenvalue weighted by molar-refractivity contribution is 6.05. The minimum Gasteiger partial charge on any atom is -0.465 e. The Balaban J connectivity index is 1.85. The number of aliphatic hydroxyl groups excluding tert-OH is 1. The van der Waals surface area contributed by atoms with Crippen LogP contribution < -0.4 is 5.32 Å². The fourth-order valence-electron chi connectivity index (χ4n) is 2.90. The molecule has 6 heteroatoms. The predicted octanol–water partition coefficient (Wildman–Crippen LogP) is 2.03. The van der Waals surface area contributed by atoms with Crippen LogP contribution in [0.1, 0.15) is 29.0 Å². The van der Waals surface area contributed by atoms with Gasteiger partial charge in [0.05, 0.1) is 18.9 Å². The molecule has 3 rings (SSSR count). The number of hydrogen-bond donors (Lipinski definition) is 2. The second-order valence-corrected chi connectivity index (χ2v) is 5.87. The third kappa shape index (κ3) is 3.97. The van der Waals surface area contributed by atoms with E-state index in [0.717, 1.165) is 12.8 Å². The molecule has 0 radical (unpaired) electrons. The van der Waals surface area contributed by atoms with Gasteiger partial charge in [-0.05, 0) is 37.1 Å². The van der Waals surface area contributed by atoms with Gasteiger partial charge in [-0.2, -0.15) is 0 Å². The second-order valence-electron chi connectivity index (χ2n) is 5.87. The van der Waals surface area contributed by atoms with Gasteiger partial charge in [0.15, 0.2) is 0 Å². The standard InChI is InChI=1S/C19H20N2O4/c22-13-15-8-4-10-21(15)19(24)17(12-16-9-5-11-25-16)20-18(23)14-6-2-1-3-7-14/h1-3,5-7,9,11-12,15,22H,4,8,10,13H2,(H,20,23)/b17-12+/t15-/m1/s1. The number of rotatable bonds is 5. The topological polar surface area (TPSA) is 82.8 Å². The van der Waals surface area contributed by atoms with Gasteiger partial charge >= 0.3 is 0 Å². The van der Waals surface area contributed by atoms with E-state index in [2.05, 4.69) is 5.32 Å².